The van der Waals surface area contributed by atoms with Crippen LogP contribution in [0.15, 0.2) is 59.5 Å². The van der Waals surface area contributed by atoms with Crippen LogP contribution in [-0.4, -0.2) is 43.6 Å². The van der Waals surface area contributed by atoms with Crippen molar-refractivity contribution in [1.82, 2.24) is 4.90 Å². The highest BCUT2D eigenvalue weighted by Crippen LogP contribution is 2.38. The van der Waals surface area contributed by atoms with Crippen molar-refractivity contribution in [3.63, 3.8) is 0 Å². The number of ether oxygens (including phenoxy) is 1. The van der Waals surface area contributed by atoms with Crippen LogP contribution in [0.2, 0.25) is 0 Å². The molecule has 37 heavy (non-hydrogen) atoms. The molecule has 0 unspecified atom stereocenters. The fourth-order valence-electron chi connectivity index (χ4n) is 4.37. The molecular formula is C28H32N2O5S2. The molecule has 7 nitrogen and oxygen atoms in total. The Morgan fingerprint density at radius 3 is 2.41 bits per heavy atom. The van der Waals surface area contributed by atoms with Gasteiger partial charge < -0.3 is 10.1 Å². The molecule has 0 fully saturated rings. The van der Waals surface area contributed by atoms with Crippen LogP contribution >= 0.6 is 11.3 Å². The quantitative estimate of drug-likeness (QED) is 0.390. The average molecular weight is 541 g/mol. The van der Waals surface area contributed by atoms with Gasteiger partial charge in [0, 0.05) is 24.5 Å². The molecule has 1 N–H and O–H groups in total. The lowest BCUT2D eigenvalue weighted by Gasteiger charge is -2.27. The smallest absolute Gasteiger partial charge is 0.341 e. The first-order chi connectivity index (χ1) is 17.7. The van der Waals surface area contributed by atoms with Gasteiger partial charge in [-0.05, 0) is 56.0 Å². The standard InChI is InChI=1S/C28H32N2O5S2/c1-4-35-28(32)26-23-14-15-30(17-21-8-6-5-7-9-21)18-24(23)36-27(26)29-25(31)16-20-10-12-22(13-11-20)37(33,34)19(2)3/h5-13,19H,4,14-18H2,1-3H3,(H,29,31). The Hall–Kier alpha value is -3.01. The molecule has 1 amide bonds. The normalized spacial score (nSPS) is 13.8. The summed E-state index contributed by atoms with van der Waals surface area (Å²) in [6, 6.07) is 16.6. The van der Waals surface area contributed by atoms with Gasteiger partial charge in [0.1, 0.15) is 5.00 Å². The highest BCUT2D eigenvalue weighted by molar-refractivity contribution is 7.92. The molecule has 2 heterocycles. The molecule has 1 aliphatic rings. The lowest BCUT2D eigenvalue weighted by Crippen LogP contribution is -2.30. The van der Waals surface area contributed by atoms with Crippen molar-refractivity contribution in [3.8, 4) is 0 Å². The number of amides is 1. The molecule has 0 atom stereocenters. The minimum atomic E-state index is -3.37. The van der Waals surface area contributed by atoms with E-state index >= 15 is 0 Å². The van der Waals surface area contributed by atoms with Gasteiger partial charge in [0.05, 0.1) is 28.7 Å². The number of thiophene rings is 1. The molecule has 0 saturated heterocycles. The molecule has 0 bridgehead atoms. The number of fused-ring (bicyclic) bond motifs is 1. The first kappa shape index (κ1) is 27.0. The van der Waals surface area contributed by atoms with Gasteiger partial charge >= 0.3 is 5.97 Å². The molecule has 4 rings (SSSR count). The van der Waals surface area contributed by atoms with Crippen LogP contribution in [0, 0.1) is 0 Å². The Kier molecular flexibility index (Phi) is 8.46. The summed E-state index contributed by atoms with van der Waals surface area (Å²) in [5.74, 6) is -0.695. The zero-order valence-electron chi connectivity index (χ0n) is 21.3. The van der Waals surface area contributed by atoms with Gasteiger partial charge in [-0.2, -0.15) is 0 Å². The number of sulfone groups is 1. The van der Waals surface area contributed by atoms with Crippen LogP contribution in [0.4, 0.5) is 5.00 Å². The molecule has 0 aliphatic carbocycles. The molecule has 3 aromatic rings. The minimum absolute atomic E-state index is 0.0625. The van der Waals surface area contributed by atoms with Crippen LogP contribution in [0.1, 0.15) is 52.7 Å². The number of nitrogens with zero attached hydrogens (tertiary/aromatic N) is 1. The highest BCUT2D eigenvalue weighted by Gasteiger charge is 2.29. The summed E-state index contributed by atoms with van der Waals surface area (Å²) in [5, 5.41) is 2.92. The van der Waals surface area contributed by atoms with Gasteiger partial charge in [0.2, 0.25) is 5.91 Å². The summed E-state index contributed by atoms with van der Waals surface area (Å²) in [4.78, 5) is 29.4. The lowest BCUT2D eigenvalue weighted by atomic mass is 10.0. The number of hydrogen-bond acceptors (Lipinski definition) is 7. The second-order valence-corrected chi connectivity index (χ2v) is 12.9. The van der Waals surface area contributed by atoms with E-state index in [0.29, 0.717) is 29.1 Å². The number of benzene rings is 2. The Morgan fingerprint density at radius 1 is 1.05 bits per heavy atom. The van der Waals surface area contributed by atoms with E-state index in [2.05, 4.69) is 22.3 Å². The summed E-state index contributed by atoms with van der Waals surface area (Å²) in [6.07, 6.45) is 0.765. The van der Waals surface area contributed by atoms with E-state index in [9.17, 15) is 18.0 Å². The average Bonchev–Trinajstić information content (AvgIpc) is 3.22. The maximum atomic E-state index is 12.9. The summed E-state index contributed by atoms with van der Waals surface area (Å²) in [6.45, 7) is 7.62. The van der Waals surface area contributed by atoms with Crippen molar-refractivity contribution in [2.75, 3.05) is 18.5 Å². The van der Waals surface area contributed by atoms with Gasteiger partial charge in [-0.3, -0.25) is 9.69 Å². The number of esters is 1. The molecule has 2 aromatic carbocycles. The first-order valence-corrected chi connectivity index (χ1v) is 14.8. The number of carbonyl (C=O) groups is 2. The van der Waals surface area contributed by atoms with Crippen LogP contribution in [0.3, 0.4) is 0 Å². The van der Waals surface area contributed by atoms with Crippen molar-refractivity contribution >= 4 is 38.1 Å². The molecule has 196 valence electrons. The fraction of sp³-hybridized carbons (Fsp3) is 0.357. The minimum Gasteiger partial charge on any atom is -0.462 e. The number of anilines is 1. The van der Waals surface area contributed by atoms with E-state index in [0.717, 1.165) is 23.5 Å². The Bertz CT molecular complexity index is 1360. The van der Waals surface area contributed by atoms with E-state index in [1.54, 1.807) is 32.9 Å². The molecule has 0 spiro atoms. The fourth-order valence-corrected chi connectivity index (χ4v) is 6.72. The number of nitrogens with one attached hydrogen (secondary N) is 1. The largest absolute Gasteiger partial charge is 0.462 e. The van der Waals surface area contributed by atoms with E-state index in [1.165, 1.54) is 29.0 Å². The number of carbonyl (C=O) groups excluding carboxylic acids is 2. The number of hydrogen-bond donors (Lipinski definition) is 1. The zero-order valence-corrected chi connectivity index (χ0v) is 23.0. The third-order valence-electron chi connectivity index (χ3n) is 6.35. The predicted molar refractivity (Wildman–Crippen MR) is 146 cm³/mol. The highest BCUT2D eigenvalue weighted by atomic mass is 32.2. The maximum absolute atomic E-state index is 12.9. The zero-order chi connectivity index (χ0) is 26.6. The molecule has 0 saturated carbocycles. The van der Waals surface area contributed by atoms with Crippen molar-refractivity contribution in [2.45, 2.75) is 56.8 Å². The van der Waals surface area contributed by atoms with Crippen molar-refractivity contribution < 1.29 is 22.7 Å². The van der Waals surface area contributed by atoms with E-state index < -0.39 is 21.1 Å². The van der Waals surface area contributed by atoms with Gasteiger partial charge in [-0.25, -0.2) is 13.2 Å². The molecule has 0 radical (unpaired) electrons. The van der Waals surface area contributed by atoms with Crippen LogP contribution in [-0.2, 0) is 45.3 Å². The molecular weight excluding hydrogens is 508 g/mol. The monoisotopic (exact) mass is 540 g/mol. The maximum Gasteiger partial charge on any atom is 0.341 e. The van der Waals surface area contributed by atoms with Crippen molar-refractivity contribution in [2.24, 2.45) is 0 Å². The summed E-state index contributed by atoms with van der Waals surface area (Å²) >= 11 is 1.42. The second-order valence-electron chi connectivity index (χ2n) is 9.34. The molecule has 9 heteroatoms. The lowest BCUT2D eigenvalue weighted by molar-refractivity contribution is -0.115. The van der Waals surface area contributed by atoms with Crippen molar-refractivity contribution in [1.29, 1.82) is 0 Å². The summed E-state index contributed by atoms with van der Waals surface area (Å²) in [5.41, 5.74) is 3.32. The van der Waals surface area contributed by atoms with E-state index in [1.807, 2.05) is 18.2 Å². The van der Waals surface area contributed by atoms with Gasteiger partial charge in [0.15, 0.2) is 9.84 Å². The second kappa shape index (κ2) is 11.6. The summed E-state index contributed by atoms with van der Waals surface area (Å²) < 4.78 is 30.0. The molecule has 1 aliphatic heterocycles. The SMILES string of the molecule is CCOC(=O)c1c(NC(=O)Cc2ccc(S(=O)(=O)C(C)C)cc2)sc2c1CCN(Cc1ccccc1)C2. The van der Waals surface area contributed by atoms with Gasteiger partial charge in [-0.1, -0.05) is 42.5 Å². The third kappa shape index (κ3) is 6.29. The predicted octanol–water partition coefficient (Wildman–Crippen LogP) is 4.85. The Labute approximate surface area is 222 Å². The van der Waals surface area contributed by atoms with Crippen molar-refractivity contribution in [3.05, 3.63) is 81.7 Å². The van der Waals surface area contributed by atoms with E-state index in [-0.39, 0.29) is 23.8 Å². The van der Waals surface area contributed by atoms with E-state index in [4.69, 9.17) is 4.74 Å². The summed E-state index contributed by atoms with van der Waals surface area (Å²) in [7, 11) is -3.37. The first-order valence-electron chi connectivity index (χ1n) is 12.4. The number of rotatable bonds is 9. The van der Waals surface area contributed by atoms with Crippen LogP contribution in [0.5, 0.6) is 0 Å². The molecule has 1 aromatic heterocycles. The van der Waals surface area contributed by atoms with Gasteiger partial charge in [0.25, 0.3) is 0 Å². The van der Waals surface area contributed by atoms with Gasteiger partial charge in [-0.15, -0.1) is 11.3 Å². The van der Waals surface area contributed by atoms with Crippen LogP contribution in [0.25, 0.3) is 0 Å². The topological polar surface area (TPSA) is 92.8 Å². The Morgan fingerprint density at radius 2 is 1.76 bits per heavy atom. The third-order valence-corrected chi connectivity index (χ3v) is 9.66. The van der Waals surface area contributed by atoms with Crippen LogP contribution < -0.4 is 5.32 Å². The Balaban J connectivity index is 1.50.